The molecule has 2 rings (SSSR count). The third-order valence-electron chi connectivity index (χ3n) is 5.24. The summed E-state index contributed by atoms with van der Waals surface area (Å²) in [6.07, 6.45) is -0.121. The summed E-state index contributed by atoms with van der Waals surface area (Å²) in [6.45, 7) is 5.96. The van der Waals surface area contributed by atoms with Gasteiger partial charge in [-0.2, -0.15) is 5.26 Å². The number of hydrogen-bond acceptors (Lipinski definition) is 3. The normalized spacial score (nSPS) is 54.6. The molecule has 2 saturated carbocycles. The molecule has 2 bridgehead atoms. The number of aliphatic hydroxyl groups is 2. The lowest BCUT2D eigenvalue weighted by Gasteiger charge is -2.37. The summed E-state index contributed by atoms with van der Waals surface area (Å²) in [5.74, 6) is 0. The van der Waals surface area contributed by atoms with Gasteiger partial charge < -0.3 is 10.2 Å². The van der Waals surface area contributed by atoms with E-state index in [4.69, 9.17) is 0 Å². The average molecular weight is 195 g/mol. The lowest BCUT2D eigenvalue weighted by Crippen LogP contribution is -2.41. The molecule has 0 spiro atoms. The standard InChI is InChI=1S/C11H17NO2/c1-9(2)10(3)4-5-11(9,6-12)8(14)7(10)13/h7-8,13-14H,4-5H2,1-3H3/t7-,8+,10-,11-/m0/s1. The van der Waals surface area contributed by atoms with E-state index in [1.54, 1.807) is 0 Å². The van der Waals surface area contributed by atoms with Crippen LogP contribution in [0.15, 0.2) is 0 Å². The number of nitriles is 1. The van der Waals surface area contributed by atoms with Gasteiger partial charge in [0.1, 0.15) is 0 Å². The predicted molar refractivity (Wildman–Crippen MR) is 51.2 cm³/mol. The van der Waals surface area contributed by atoms with Gasteiger partial charge in [0.15, 0.2) is 0 Å². The Morgan fingerprint density at radius 3 is 2.00 bits per heavy atom. The van der Waals surface area contributed by atoms with Crippen LogP contribution in [0.5, 0.6) is 0 Å². The Morgan fingerprint density at radius 2 is 1.71 bits per heavy atom. The minimum atomic E-state index is -0.888. The second kappa shape index (κ2) is 2.32. The molecule has 0 heterocycles. The number of fused-ring (bicyclic) bond motifs is 2. The Bertz CT molecular complexity index is 320. The van der Waals surface area contributed by atoms with Crippen molar-refractivity contribution in [3.8, 4) is 6.07 Å². The van der Waals surface area contributed by atoms with Crippen molar-refractivity contribution in [1.29, 1.82) is 5.26 Å². The van der Waals surface area contributed by atoms with Gasteiger partial charge in [-0.1, -0.05) is 20.8 Å². The summed E-state index contributed by atoms with van der Waals surface area (Å²) in [6, 6.07) is 2.25. The Kier molecular flexibility index (Phi) is 1.65. The van der Waals surface area contributed by atoms with Crippen LogP contribution in [0.4, 0.5) is 0 Å². The molecule has 3 heteroatoms. The highest BCUT2D eigenvalue weighted by atomic mass is 16.3. The lowest BCUT2D eigenvalue weighted by molar-refractivity contribution is -0.0594. The third kappa shape index (κ3) is 0.656. The van der Waals surface area contributed by atoms with Gasteiger partial charge in [0.2, 0.25) is 0 Å². The second-order valence-corrected chi connectivity index (χ2v) is 5.52. The molecule has 0 radical (unpaired) electrons. The molecule has 4 atom stereocenters. The molecule has 78 valence electrons. The van der Waals surface area contributed by atoms with Crippen molar-refractivity contribution in [2.75, 3.05) is 0 Å². The van der Waals surface area contributed by atoms with Gasteiger partial charge in [-0.05, 0) is 18.3 Å². The van der Waals surface area contributed by atoms with Crippen molar-refractivity contribution >= 4 is 0 Å². The van der Waals surface area contributed by atoms with Crippen molar-refractivity contribution in [3.05, 3.63) is 0 Å². The molecule has 3 nitrogen and oxygen atoms in total. The topological polar surface area (TPSA) is 64.2 Å². The van der Waals surface area contributed by atoms with E-state index in [2.05, 4.69) is 6.07 Å². The fraction of sp³-hybridized carbons (Fsp3) is 0.909. The van der Waals surface area contributed by atoms with Crippen molar-refractivity contribution in [2.45, 2.75) is 45.8 Å². The largest absolute Gasteiger partial charge is 0.390 e. The SMILES string of the molecule is CC1(C)[C@@]2(C)CC[C@]1(C#N)[C@H](O)[C@@H]2O. The third-order valence-corrected chi connectivity index (χ3v) is 5.24. The summed E-state index contributed by atoms with van der Waals surface area (Å²) < 4.78 is 0. The molecule has 0 aromatic rings. The van der Waals surface area contributed by atoms with E-state index in [1.807, 2.05) is 20.8 Å². The first-order chi connectivity index (χ1) is 6.33. The Labute approximate surface area is 84.4 Å². The second-order valence-electron chi connectivity index (χ2n) is 5.52. The molecule has 2 aliphatic rings. The fourth-order valence-corrected chi connectivity index (χ4v) is 3.51. The minimum Gasteiger partial charge on any atom is -0.390 e. The van der Waals surface area contributed by atoms with Crippen molar-refractivity contribution in [2.24, 2.45) is 16.2 Å². The van der Waals surface area contributed by atoms with Gasteiger partial charge in [0.25, 0.3) is 0 Å². The number of aliphatic hydroxyl groups excluding tert-OH is 2. The van der Waals surface area contributed by atoms with Crippen LogP contribution >= 0.6 is 0 Å². The molecule has 14 heavy (non-hydrogen) atoms. The van der Waals surface area contributed by atoms with Crippen LogP contribution in [0.1, 0.15) is 33.6 Å². The van der Waals surface area contributed by atoms with Crippen LogP contribution in [0, 0.1) is 27.6 Å². The number of nitrogens with zero attached hydrogens (tertiary/aromatic N) is 1. The van der Waals surface area contributed by atoms with Crippen LogP contribution in [-0.2, 0) is 0 Å². The quantitative estimate of drug-likeness (QED) is 0.607. The van der Waals surface area contributed by atoms with E-state index in [9.17, 15) is 15.5 Å². The summed E-state index contributed by atoms with van der Waals surface area (Å²) in [4.78, 5) is 0. The molecule has 2 fully saturated rings. The van der Waals surface area contributed by atoms with Crippen LogP contribution in [0.3, 0.4) is 0 Å². The zero-order valence-electron chi connectivity index (χ0n) is 8.91. The molecule has 0 aromatic carbocycles. The zero-order valence-corrected chi connectivity index (χ0v) is 8.91. The maximum absolute atomic E-state index is 9.98. The van der Waals surface area contributed by atoms with E-state index in [-0.39, 0.29) is 10.8 Å². The summed E-state index contributed by atoms with van der Waals surface area (Å²) in [7, 11) is 0. The molecule has 0 unspecified atom stereocenters. The average Bonchev–Trinajstić information content (AvgIpc) is 2.39. The van der Waals surface area contributed by atoms with Gasteiger partial charge in [0, 0.05) is 5.41 Å². The number of hydrogen-bond donors (Lipinski definition) is 2. The van der Waals surface area contributed by atoms with E-state index < -0.39 is 17.6 Å². The van der Waals surface area contributed by atoms with Gasteiger partial charge in [-0.15, -0.1) is 0 Å². The highest BCUT2D eigenvalue weighted by molar-refractivity contribution is 5.29. The van der Waals surface area contributed by atoms with Gasteiger partial charge in [-0.25, -0.2) is 0 Å². The predicted octanol–water partition coefficient (Wildman–Crippen LogP) is 1.06. The molecule has 0 aliphatic heterocycles. The van der Waals surface area contributed by atoms with E-state index in [0.29, 0.717) is 6.42 Å². The first kappa shape index (κ1) is 9.95. The maximum atomic E-state index is 9.98. The molecule has 0 amide bonds. The smallest absolute Gasteiger partial charge is 0.0995 e. The van der Waals surface area contributed by atoms with E-state index in [0.717, 1.165) is 6.42 Å². The molecule has 0 saturated heterocycles. The van der Waals surface area contributed by atoms with E-state index >= 15 is 0 Å². The zero-order chi connectivity index (χ0) is 10.8. The van der Waals surface area contributed by atoms with Gasteiger partial charge >= 0.3 is 0 Å². The Hall–Kier alpha value is -0.590. The van der Waals surface area contributed by atoms with Gasteiger partial charge in [-0.3, -0.25) is 0 Å². The molecular weight excluding hydrogens is 178 g/mol. The highest BCUT2D eigenvalue weighted by Crippen LogP contribution is 2.71. The molecular formula is C11H17NO2. The summed E-state index contributed by atoms with van der Waals surface area (Å²) in [5, 5.41) is 29.2. The molecule has 0 aromatic heterocycles. The maximum Gasteiger partial charge on any atom is 0.0995 e. The minimum absolute atomic E-state index is 0.312. The summed E-state index contributed by atoms with van der Waals surface area (Å²) in [5.41, 5.74) is -1.38. The van der Waals surface area contributed by atoms with Crippen molar-refractivity contribution in [3.63, 3.8) is 0 Å². The van der Waals surface area contributed by atoms with Crippen LogP contribution in [-0.4, -0.2) is 22.4 Å². The highest BCUT2D eigenvalue weighted by Gasteiger charge is 2.74. The lowest BCUT2D eigenvalue weighted by atomic mass is 9.65. The Balaban J connectivity index is 2.61. The monoisotopic (exact) mass is 195 g/mol. The fourth-order valence-electron chi connectivity index (χ4n) is 3.51. The van der Waals surface area contributed by atoms with Crippen LogP contribution in [0.2, 0.25) is 0 Å². The van der Waals surface area contributed by atoms with Crippen molar-refractivity contribution in [1.82, 2.24) is 0 Å². The molecule has 2 aliphatic carbocycles. The van der Waals surface area contributed by atoms with Gasteiger partial charge in [0.05, 0.1) is 23.7 Å². The summed E-state index contributed by atoms with van der Waals surface area (Å²) >= 11 is 0. The van der Waals surface area contributed by atoms with Crippen LogP contribution < -0.4 is 0 Å². The van der Waals surface area contributed by atoms with E-state index in [1.165, 1.54) is 0 Å². The molecule has 2 N–H and O–H groups in total. The first-order valence-corrected chi connectivity index (χ1v) is 5.11. The van der Waals surface area contributed by atoms with Crippen molar-refractivity contribution < 1.29 is 10.2 Å². The van der Waals surface area contributed by atoms with Crippen LogP contribution in [0.25, 0.3) is 0 Å². The first-order valence-electron chi connectivity index (χ1n) is 5.11. The number of rotatable bonds is 0. The Morgan fingerprint density at radius 1 is 1.14 bits per heavy atom.